The summed E-state index contributed by atoms with van der Waals surface area (Å²) in [7, 11) is 0. The molecule has 0 saturated heterocycles. The number of hydrogen-bond donors (Lipinski definition) is 2. The zero-order valence-corrected chi connectivity index (χ0v) is 10.8. The highest BCUT2D eigenvalue weighted by atomic mass is 32.2. The fraction of sp³-hybridized carbons (Fsp3) is 0.538. The molecule has 0 aliphatic rings. The van der Waals surface area contributed by atoms with Gasteiger partial charge in [0.25, 0.3) is 0 Å². The molecule has 0 aliphatic heterocycles. The zero-order valence-electron chi connectivity index (χ0n) is 10.0. The maximum atomic E-state index is 9.00. The van der Waals surface area contributed by atoms with Crippen molar-refractivity contribution in [2.45, 2.75) is 31.2 Å². The average Bonchev–Trinajstić information content (AvgIpc) is 2.35. The maximum Gasteiger partial charge on any atom is 0.0464 e. The van der Waals surface area contributed by atoms with Crippen LogP contribution in [-0.4, -0.2) is 17.5 Å². The summed E-state index contributed by atoms with van der Waals surface area (Å²) in [5, 5.41) is 9.00. The number of thioether (sulfide) groups is 1. The quantitative estimate of drug-likeness (QED) is 0.750. The molecule has 2 atom stereocenters. The first-order chi connectivity index (χ1) is 7.69. The van der Waals surface area contributed by atoms with Crippen LogP contribution in [0.15, 0.2) is 29.2 Å². The Hall–Kier alpha value is -0.510. The van der Waals surface area contributed by atoms with Gasteiger partial charge in [0, 0.05) is 23.3 Å². The molecule has 0 aromatic heterocycles. The van der Waals surface area contributed by atoms with Crippen molar-refractivity contribution in [3.8, 4) is 0 Å². The van der Waals surface area contributed by atoms with Crippen molar-refractivity contribution in [2.24, 2.45) is 11.7 Å². The Bertz CT molecular complexity index is 317. The van der Waals surface area contributed by atoms with E-state index in [2.05, 4.69) is 26.0 Å². The minimum Gasteiger partial charge on any atom is -0.396 e. The van der Waals surface area contributed by atoms with Gasteiger partial charge in [0.2, 0.25) is 0 Å². The van der Waals surface area contributed by atoms with Crippen LogP contribution in [0.2, 0.25) is 0 Å². The van der Waals surface area contributed by atoms with Crippen LogP contribution in [-0.2, 0) is 0 Å². The Morgan fingerprint density at radius 1 is 1.38 bits per heavy atom. The molecule has 0 spiro atoms. The highest BCUT2D eigenvalue weighted by molar-refractivity contribution is 7.99. The Balaban J connectivity index is 2.71. The molecule has 1 unspecified atom stereocenters. The van der Waals surface area contributed by atoms with Gasteiger partial charge in [-0.15, -0.1) is 11.8 Å². The zero-order chi connectivity index (χ0) is 12.0. The molecule has 2 nitrogen and oxygen atoms in total. The van der Waals surface area contributed by atoms with Crippen LogP contribution in [0.4, 0.5) is 0 Å². The third-order valence-corrected chi connectivity index (χ3v) is 4.01. The second-order valence-electron chi connectivity index (χ2n) is 4.15. The van der Waals surface area contributed by atoms with E-state index in [1.165, 1.54) is 10.5 Å². The number of aliphatic hydroxyl groups is 1. The van der Waals surface area contributed by atoms with Gasteiger partial charge in [0.15, 0.2) is 0 Å². The lowest BCUT2D eigenvalue weighted by atomic mass is 10.1. The van der Waals surface area contributed by atoms with Gasteiger partial charge >= 0.3 is 0 Å². The number of nitrogens with two attached hydrogens (primary N) is 1. The van der Waals surface area contributed by atoms with Crippen molar-refractivity contribution >= 4 is 11.8 Å². The van der Waals surface area contributed by atoms with E-state index in [9.17, 15) is 0 Å². The molecule has 16 heavy (non-hydrogen) atoms. The molecular weight excluding hydrogens is 218 g/mol. The third kappa shape index (κ3) is 3.81. The van der Waals surface area contributed by atoms with Crippen molar-refractivity contribution < 1.29 is 5.11 Å². The standard InChI is InChI=1S/C13H21NOS/c1-3-12(14)11-6-4-5-7-13(11)16-9-10(2)8-15/h4-7,10,12,15H,3,8-9,14H2,1-2H3/t10?,12-/m0/s1. The van der Waals surface area contributed by atoms with Crippen molar-refractivity contribution in [3.05, 3.63) is 29.8 Å². The summed E-state index contributed by atoms with van der Waals surface area (Å²) < 4.78 is 0. The van der Waals surface area contributed by atoms with Gasteiger partial charge in [-0.1, -0.05) is 32.0 Å². The number of hydrogen-bond acceptors (Lipinski definition) is 3. The van der Waals surface area contributed by atoms with Gasteiger partial charge < -0.3 is 10.8 Å². The first kappa shape index (κ1) is 13.6. The van der Waals surface area contributed by atoms with Crippen LogP contribution in [0.1, 0.15) is 31.9 Å². The highest BCUT2D eigenvalue weighted by Gasteiger charge is 2.10. The number of rotatable bonds is 6. The van der Waals surface area contributed by atoms with Crippen molar-refractivity contribution in [2.75, 3.05) is 12.4 Å². The summed E-state index contributed by atoms with van der Waals surface area (Å²) in [4.78, 5) is 1.25. The van der Waals surface area contributed by atoms with E-state index in [1.807, 2.05) is 12.1 Å². The van der Waals surface area contributed by atoms with E-state index in [4.69, 9.17) is 10.8 Å². The lowest BCUT2D eigenvalue weighted by Gasteiger charge is -2.15. The molecule has 0 aliphatic carbocycles. The Kier molecular flexibility index (Phi) is 5.88. The van der Waals surface area contributed by atoms with Gasteiger partial charge in [0.1, 0.15) is 0 Å². The summed E-state index contributed by atoms with van der Waals surface area (Å²) >= 11 is 1.78. The second-order valence-corrected chi connectivity index (χ2v) is 5.21. The highest BCUT2D eigenvalue weighted by Crippen LogP contribution is 2.28. The molecule has 0 radical (unpaired) electrons. The van der Waals surface area contributed by atoms with Crippen LogP contribution in [0.3, 0.4) is 0 Å². The topological polar surface area (TPSA) is 46.2 Å². The molecule has 0 amide bonds. The molecule has 3 N–H and O–H groups in total. The van der Waals surface area contributed by atoms with Gasteiger partial charge in [-0.25, -0.2) is 0 Å². The summed E-state index contributed by atoms with van der Waals surface area (Å²) in [6.07, 6.45) is 0.952. The second kappa shape index (κ2) is 6.94. The summed E-state index contributed by atoms with van der Waals surface area (Å²) in [6.45, 7) is 4.40. The van der Waals surface area contributed by atoms with Crippen molar-refractivity contribution in [1.29, 1.82) is 0 Å². The van der Waals surface area contributed by atoms with Gasteiger partial charge in [-0.3, -0.25) is 0 Å². The molecule has 1 aromatic rings. The Morgan fingerprint density at radius 2 is 2.06 bits per heavy atom. The van der Waals surface area contributed by atoms with Crippen molar-refractivity contribution in [3.63, 3.8) is 0 Å². The van der Waals surface area contributed by atoms with Crippen LogP contribution >= 0.6 is 11.8 Å². The fourth-order valence-corrected chi connectivity index (χ4v) is 2.55. The van der Waals surface area contributed by atoms with Gasteiger partial charge in [-0.05, 0) is 24.0 Å². The van der Waals surface area contributed by atoms with Crippen LogP contribution in [0.25, 0.3) is 0 Å². The smallest absolute Gasteiger partial charge is 0.0464 e. The van der Waals surface area contributed by atoms with Crippen LogP contribution < -0.4 is 5.73 Å². The molecule has 0 bridgehead atoms. The molecule has 90 valence electrons. The Morgan fingerprint density at radius 3 is 2.69 bits per heavy atom. The third-order valence-electron chi connectivity index (χ3n) is 2.59. The Labute approximate surface area is 102 Å². The number of benzene rings is 1. The van der Waals surface area contributed by atoms with E-state index in [0.717, 1.165) is 12.2 Å². The summed E-state index contributed by atoms with van der Waals surface area (Å²) in [6, 6.07) is 8.40. The molecule has 0 heterocycles. The molecule has 1 aromatic carbocycles. The van der Waals surface area contributed by atoms with E-state index in [1.54, 1.807) is 11.8 Å². The monoisotopic (exact) mass is 239 g/mol. The van der Waals surface area contributed by atoms with E-state index < -0.39 is 0 Å². The van der Waals surface area contributed by atoms with Crippen molar-refractivity contribution in [1.82, 2.24) is 0 Å². The number of aliphatic hydroxyl groups excluding tert-OH is 1. The lowest BCUT2D eigenvalue weighted by Crippen LogP contribution is -2.10. The lowest BCUT2D eigenvalue weighted by molar-refractivity contribution is 0.250. The first-order valence-corrected chi connectivity index (χ1v) is 6.75. The molecule has 1 rings (SSSR count). The van der Waals surface area contributed by atoms with E-state index in [-0.39, 0.29) is 12.6 Å². The summed E-state index contributed by atoms with van der Waals surface area (Å²) in [5.41, 5.74) is 7.29. The van der Waals surface area contributed by atoms with Gasteiger partial charge in [0.05, 0.1) is 0 Å². The molecule has 0 fully saturated rings. The van der Waals surface area contributed by atoms with Crippen LogP contribution in [0.5, 0.6) is 0 Å². The normalized spacial score (nSPS) is 14.8. The molecular formula is C13H21NOS. The average molecular weight is 239 g/mol. The first-order valence-electron chi connectivity index (χ1n) is 5.77. The summed E-state index contributed by atoms with van der Waals surface area (Å²) in [5.74, 6) is 1.26. The fourth-order valence-electron chi connectivity index (χ4n) is 1.42. The molecule has 0 saturated carbocycles. The minimum atomic E-state index is 0.119. The van der Waals surface area contributed by atoms with E-state index >= 15 is 0 Å². The van der Waals surface area contributed by atoms with Gasteiger partial charge in [-0.2, -0.15) is 0 Å². The predicted octanol–water partition coefficient (Wildman–Crippen LogP) is 2.82. The van der Waals surface area contributed by atoms with Crippen LogP contribution in [0, 0.1) is 5.92 Å². The predicted molar refractivity (Wildman–Crippen MR) is 70.6 cm³/mol. The largest absolute Gasteiger partial charge is 0.396 e. The minimum absolute atomic E-state index is 0.119. The maximum absolute atomic E-state index is 9.00. The van der Waals surface area contributed by atoms with E-state index in [0.29, 0.717) is 5.92 Å². The SMILES string of the molecule is CC[C@H](N)c1ccccc1SCC(C)CO. The molecule has 3 heteroatoms.